The number of phenolic OH excluding ortho intramolecular Hbond substituents is 1. The van der Waals surface area contributed by atoms with E-state index in [1.54, 1.807) is 0 Å². The van der Waals surface area contributed by atoms with E-state index in [1.165, 1.54) is 6.07 Å². The van der Waals surface area contributed by atoms with Gasteiger partial charge in [0.2, 0.25) is 6.79 Å². The van der Waals surface area contributed by atoms with Gasteiger partial charge in [-0.2, -0.15) is 0 Å². The first-order valence-electron chi connectivity index (χ1n) is 5.85. The molecule has 0 aliphatic carbocycles. The molecule has 2 atom stereocenters. The third-order valence-electron chi connectivity index (χ3n) is 3.45. The van der Waals surface area contributed by atoms with Gasteiger partial charge in [0.15, 0.2) is 11.5 Å². The third-order valence-corrected chi connectivity index (χ3v) is 3.74. The second-order valence-corrected chi connectivity index (χ2v) is 4.99. The molecule has 0 bridgehead atoms. The van der Waals surface area contributed by atoms with E-state index in [9.17, 15) is 9.90 Å². The van der Waals surface area contributed by atoms with Gasteiger partial charge in [0, 0.05) is 18.7 Å². The summed E-state index contributed by atoms with van der Waals surface area (Å²) in [4.78, 5) is 11.0. The van der Waals surface area contributed by atoms with Gasteiger partial charge in [0.25, 0.3) is 0 Å². The normalized spacial score (nSPS) is 24.7. The van der Waals surface area contributed by atoms with E-state index in [4.69, 9.17) is 26.2 Å². The monoisotopic (exact) mass is 285 g/mol. The van der Waals surface area contributed by atoms with E-state index < -0.39 is 11.9 Å². The summed E-state index contributed by atoms with van der Waals surface area (Å²) in [6.07, 6.45) is 0.374. The molecule has 3 rings (SSSR count). The van der Waals surface area contributed by atoms with E-state index >= 15 is 0 Å². The Morgan fingerprint density at radius 1 is 1.47 bits per heavy atom. The van der Waals surface area contributed by atoms with Crippen LogP contribution in [-0.2, 0) is 4.79 Å². The van der Waals surface area contributed by atoms with Crippen LogP contribution in [0, 0.1) is 5.92 Å². The van der Waals surface area contributed by atoms with Crippen molar-refractivity contribution in [1.29, 1.82) is 0 Å². The number of halogens is 1. The lowest BCUT2D eigenvalue weighted by Crippen LogP contribution is -2.17. The SMILES string of the molecule is O=C(O)C1CNC(c2c(O)c(Cl)cc3c2OCO3)C1. The second-order valence-electron chi connectivity index (χ2n) is 4.59. The molecule has 1 aromatic rings. The van der Waals surface area contributed by atoms with E-state index in [0.717, 1.165) is 0 Å². The van der Waals surface area contributed by atoms with Crippen LogP contribution in [0.15, 0.2) is 6.07 Å². The molecule has 102 valence electrons. The molecular weight excluding hydrogens is 274 g/mol. The Balaban J connectivity index is 1.99. The zero-order chi connectivity index (χ0) is 13.6. The lowest BCUT2D eigenvalue weighted by molar-refractivity contribution is -0.141. The number of hydrogen-bond donors (Lipinski definition) is 3. The summed E-state index contributed by atoms with van der Waals surface area (Å²) < 4.78 is 10.6. The highest BCUT2D eigenvalue weighted by Crippen LogP contribution is 2.49. The van der Waals surface area contributed by atoms with Crippen LogP contribution in [-0.4, -0.2) is 29.5 Å². The summed E-state index contributed by atoms with van der Waals surface area (Å²) in [5.41, 5.74) is 0.476. The summed E-state index contributed by atoms with van der Waals surface area (Å²) in [7, 11) is 0. The van der Waals surface area contributed by atoms with E-state index in [1.807, 2.05) is 0 Å². The number of carboxylic acid groups (broad SMARTS) is 1. The smallest absolute Gasteiger partial charge is 0.307 e. The fraction of sp³-hybridized carbons (Fsp3) is 0.417. The first-order valence-corrected chi connectivity index (χ1v) is 6.23. The number of carboxylic acids is 1. The number of nitrogens with one attached hydrogen (secondary N) is 1. The predicted octanol–water partition coefficient (Wildman–Crippen LogP) is 1.51. The van der Waals surface area contributed by atoms with Crippen LogP contribution in [0.1, 0.15) is 18.0 Å². The van der Waals surface area contributed by atoms with Gasteiger partial charge >= 0.3 is 5.97 Å². The van der Waals surface area contributed by atoms with Gasteiger partial charge in [-0.3, -0.25) is 4.79 Å². The third kappa shape index (κ3) is 1.97. The summed E-state index contributed by atoms with van der Waals surface area (Å²) in [5.74, 6) is -0.523. The highest BCUT2D eigenvalue weighted by Gasteiger charge is 2.36. The molecule has 1 aromatic carbocycles. The predicted molar refractivity (Wildman–Crippen MR) is 65.7 cm³/mol. The van der Waals surface area contributed by atoms with Crippen molar-refractivity contribution in [2.24, 2.45) is 5.92 Å². The van der Waals surface area contributed by atoms with Crippen LogP contribution >= 0.6 is 11.6 Å². The lowest BCUT2D eigenvalue weighted by atomic mass is 9.98. The highest BCUT2D eigenvalue weighted by molar-refractivity contribution is 6.32. The van der Waals surface area contributed by atoms with Crippen LogP contribution in [0.2, 0.25) is 5.02 Å². The summed E-state index contributed by atoms with van der Waals surface area (Å²) in [6.45, 7) is 0.415. The quantitative estimate of drug-likeness (QED) is 0.763. The fourth-order valence-electron chi connectivity index (χ4n) is 2.49. The molecule has 0 amide bonds. The number of phenols is 1. The van der Waals surface area contributed by atoms with Crippen LogP contribution < -0.4 is 14.8 Å². The van der Waals surface area contributed by atoms with Crippen molar-refractivity contribution < 1.29 is 24.5 Å². The van der Waals surface area contributed by atoms with Gasteiger partial charge in [-0.05, 0) is 6.42 Å². The largest absolute Gasteiger partial charge is 0.506 e. The molecule has 19 heavy (non-hydrogen) atoms. The molecule has 0 radical (unpaired) electrons. The number of hydrogen-bond acceptors (Lipinski definition) is 5. The minimum Gasteiger partial charge on any atom is -0.506 e. The maximum atomic E-state index is 11.0. The van der Waals surface area contributed by atoms with Crippen molar-refractivity contribution in [1.82, 2.24) is 5.32 Å². The Kier molecular flexibility index (Phi) is 2.91. The van der Waals surface area contributed by atoms with Crippen LogP contribution in [0.25, 0.3) is 0 Å². The number of ether oxygens (including phenoxy) is 2. The number of carbonyl (C=O) groups is 1. The van der Waals surface area contributed by atoms with Crippen molar-refractivity contribution in [3.05, 3.63) is 16.7 Å². The van der Waals surface area contributed by atoms with Gasteiger partial charge in [-0.15, -0.1) is 0 Å². The summed E-state index contributed by atoms with van der Waals surface area (Å²) >= 11 is 5.95. The van der Waals surface area contributed by atoms with Gasteiger partial charge < -0.3 is 25.0 Å². The van der Waals surface area contributed by atoms with Crippen molar-refractivity contribution in [2.45, 2.75) is 12.5 Å². The molecule has 2 heterocycles. The molecule has 2 aliphatic heterocycles. The van der Waals surface area contributed by atoms with E-state index in [-0.39, 0.29) is 23.6 Å². The number of aliphatic carboxylic acids is 1. The maximum absolute atomic E-state index is 11.0. The van der Waals surface area contributed by atoms with Crippen LogP contribution in [0.4, 0.5) is 0 Å². The zero-order valence-corrected chi connectivity index (χ0v) is 10.6. The number of rotatable bonds is 2. The maximum Gasteiger partial charge on any atom is 0.307 e. The highest BCUT2D eigenvalue weighted by atomic mass is 35.5. The van der Waals surface area contributed by atoms with Crippen molar-refractivity contribution in [2.75, 3.05) is 13.3 Å². The Labute approximate surface area is 113 Å². The average Bonchev–Trinajstić information content (AvgIpc) is 2.99. The minimum atomic E-state index is -0.856. The van der Waals surface area contributed by atoms with E-state index in [0.29, 0.717) is 30.0 Å². The van der Waals surface area contributed by atoms with Gasteiger partial charge in [0.05, 0.1) is 16.5 Å². The van der Waals surface area contributed by atoms with Gasteiger partial charge in [-0.1, -0.05) is 11.6 Å². The van der Waals surface area contributed by atoms with Crippen LogP contribution in [0.3, 0.4) is 0 Å². The van der Waals surface area contributed by atoms with Gasteiger partial charge in [0.1, 0.15) is 5.75 Å². The Hall–Kier alpha value is -1.66. The lowest BCUT2D eigenvalue weighted by Gasteiger charge is -2.16. The Bertz CT molecular complexity index is 547. The van der Waals surface area contributed by atoms with Crippen molar-refractivity contribution in [3.8, 4) is 17.2 Å². The number of fused-ring (bicyclic) bond motifs is 1. The molecule has 1 saturated heterocycles. The van der Waals surface area contributed by atoms with E-state index in [2.05, 4.69) is 5.32 Å². The summed E-state index contributed by atoms with van der Waals surface area (Å²) in [5, 5.41) is 22.3. The fourth-order valence-corrected chi connectivity index (χ4v) is 2.69. The first-order chi connectivity index (χ1) is 9.08. The number of aromatic hydroxyl groups is 1. The molecule has 0 aromatic heterocycles. The van der Waals surface area contributed by atoms with Crippen molar-refractivity contribution >= 4 is 17.6 Å². The average molecular weight is 286 g/mol. The summed E-state index contributed by atoms with van der Waals surface area (Å²) in [6, 6.07) is 1.18. The number of benzene rings is 1. The molecule has 1 fully saturated rings. The molecule has 2 unspecified atom stereocenters. The minimum absolute atomic E-state index is 0.0667. The van der Waals surface area contributed by atoms with Crippen LogP contribution in [0.5, 0.6) is 17.2 Å². The Morgan fingerprint density at radius 3 is 2.95 bits per heavy atom. The topological polar surface area (TPSA) is 88.0 Å². The Morgan fingerprint density at radius 2 is 2.26 bits per heavy atom. The molecule has 6 nitrogen and oxygen atoms in total. The standard InChI is InChI=1S/C12H12ClNO5/c13-6-2-8-11(19-4-18-8)9(10(6)15)7-1-5(3-14-7)12(16)17/h2,5,7,14-15H,1,3-4H2,(H,16,17). The molecule has 0 saturated carbocycles. The molecule has 7 heteroatoms. The first kappa shape index (κ1) is 12.4. The van der Waals surface area contributed by atoms with Gasteiger partial charge in [-0.25, -0.2) is 0 Å². The second kappa shape index (κ2) is 4.47. The molecule has 3 N–H and O–H groups in total. The molecule has 2 aliphatic rings. The molecular formula is C12H12ClNO5. The molecule has 0 spiro atoms. The zero-order valence-electron chi connectivity index (χ0n) is 9.85. The van der Waals surface area contributed by atoms with Crippen molar-refractivity contribution in [3.63, 3.8) is 0 Å².